The van der Waals surface area contributed by atoms with Crippen molar-refractivity contribution in [1.82, 2.24) is 9.88 Å². The number of β-amino-alcohol motifs (C(OH)–C–C–N with tert-alkyl or cyclic N) is 1. The number of aromatic nitrogens is 1. The fraction of sp³-hybridized carbons (Fsp3) is 0.353. The monoisotopic (exact) mass is 304 g/mol. The van der Waals surface area contributed by atoms with Gasteiger partial charge in [-0.05, 0) is 48.7 Å². The van der Waals surface area contributed by atoms with E-state index in [0.29, 0.717) is 25.1 Å². The molecular formula is C17H18F2N2O. The highest BCUT2D eigenvalue weighted by Gasteiger charge is 2.33. The molecule has 1 aliphatic heterocycles. The van der Waals surface area contributed by atoms with E-state index in [2.05, 4.69) is 4.98 Å². The lowest BCUT2D eigenvalue weighted by Crippen LogP contribution is -2.27. The summed E-state index contributed by atoms with van der Waals surface area (Å²) in [6.07, 6.45) is 4.17. The van der Waals surface area contributed by atoms with Gasteiger partial charge in [0.2, 0.25) is 0 Å². The van der Waals surface area contributed by atoms with Crippen molar-refractivity contribution in [3.8, 4) is 0 Å². The molecule has 0 aliphatic carbocycles. The molecule has 0 spiro atoms. The fourth-order valence-corrected chi connectivity index (χ4v) is 3.04. The Hall–Kier alpha value is -1.85. The minimum Gasteiger partial charge on any atom is -0.392 e. The molecule has 5 heteroatoms. The van der Waals surface area contributed by atoms with Gasteiger partial charge in [0.05, 0.1) is 6.10 Å². The highest BCUT2D eigenvalue weighted by atomic mass is 19.1. The third-order valence-electron chi connectivity index (χ3n) is 4.14. The Morgan fingerprint density at radius 2 is 1.95 bits per heavy atom. The molecule has 1 fully saturated rings. The quantitative estimate of drug-likeness (QED) is 0.943. The van der Waals surface area contributed by atoms with Crippen LogP contribution in [-0.2, 0) is 6.42 Å². The zero-order chi connectivity index (χ0) is 15.5. The third-order valence-corrected chi connectivity index (χ3v) is 4.14. The number of pyridine rings is 1. The molecule has 0 saturated carbocycles. The van der Waals surface area contributed by atoms with Crippen LogP contribution in [0.25, 0.3) is 0 Å². The van der Waals surface area contributed by atoms with E-state index in [9.17, 15) is 13.9 Å². The fourth-order valence-electron chi connectivity index (χ4n) is 3.04. The number of hydrogen-bond donors (Lipinski definition) is 1. The van der Waals surface area contributed by atoms with E-state index in [1.165, 1.54) is 6.07 Å². The molecule has 2 heterocycles. The van der Waals surface area contributed by atoms with E-state index in [4.69, 9.17) is 0 Å². The molecule has 1 aromatic heterocycles. The van der Waals surface area contributed by atoms with Crippen LogP contribution in [0.1, 0.15) is 23.6 Å². The second-order valence-electron chi connectivity index (χ2n) is 5.67. The SMILES string of the molecule is O[C@@H]1C[C@H](c2cc(F)ccc2F)N(CCc2ccncc2)C1. The van der Waals surface area contributed by atoms with Crippen molar-refractivity contribution in [2.45, 2.75) is 25.0 Å². The van der Waals surface area contributed by atoms with Crippen molar-refractivity contribution in [1.29, 1.82) is 0 Å². The minimum atomic E-state index is -0.509. The molecule has 0 bridgehead atoms. The summed E-state index contributed by atoms with van der Waals surface area (Å²) in [5.41, 5.74) is 1.46. The average Bonchev–Trinajstić information content (AvgIpc) is 2.89. The Bertz CT molecular complexity index is 636. The van der Waals surface area contributed by atoms with Crippen molar-refractivity contribution in [2.24, 2.45) is 0 Å². The predicted molar refractivity (Wildman–Crippen MR) is 79.2 cm³/mol. The molecule has 22 heavy (non-hydrogen) atoms. The number of benzene rings is 1. The summed E-state index contributed by atoms with van der Waals surface area (Å²) in [6, 6.07) is 7.08. The largest absolute Gasteiger partial charge is 0.392 e. The summed E-state index contributed by atoms with van der Waals surface area (Å²) < 4.78 is 27.4. The summed E-state index contributed by atoms with van der Waals surface area (Å²) in [7, 11) is 0. The zero-order valence-corrected chi connectivity index (χ0v) is 12.1. The molecule has 2 aromatic rings. The van der Waals surface area contributed by atoms with Gasteiger partial charge in [0.1, 0.15) is 11.6 Å². The second kappa shape index (κ2) is 6.50. The molecule has 0 amide bonds. The maximum atomic E-state index is 14.0. The number of likely N-dealkylation sites (tertiary alicyclic amines) is 1. The Kier molecular flexibility index (Phi) is 4.45. The molecular weight excluding hydrogens is 286 g/mol. The van der Waals surface area contributed by atoms with E-state index in [1.54, 1.807) is 12.4 Å². The van der Waals surface area contributed by atoms with Crippen molar-refractivity contribution in [3.63, 3.8) is 0 Å². The number of nitrogens with zero attached hydrogens (tertiary/aromatic N) is 2. The van der Waals surface area contributed by atoms with Crippen LogP contribution in [0.5, 0.6) is 0 Å². The lowest BCUT2D eigenvalue weighted by Gasteiger charge is -2.24. The van der Waals surface area contributed by atoms with Gasteiger partial charge in [-0.15, -0.1) is 0 Å². The van der Waals surface area contributed by atoms with E-state index >= 15 is 0 Å². The van der Waals surface area contributed by atoms with Gasteiger partial charge in [-0.2, -0.15) is 0 Å². The smallest absolute Gasteiger partial charge is 0.128 e. The molecule has 0 unspecified atom stereocenters. The molecule has 3 rings (SSSR count). The summed E-state index contributed by atoms with van der Waals surface area (Å²) in [4.78, 5) is 5.99. The number of hydrogen-bond acceptors (Lipinski definition) is 3. The first kappa shape index (κ1) is 15.1. The van der Waals surface area contributed by atoms with Crippen LogP contribution in [0.15, 0.2) is 42.7 Å². The summed E-state index contributed by atoms with van der Waals surface area (Å²) in [5, 5.41) is 9.92. The zero-order valence-electron chi connectivity index (χ0n) is 12.1. The van der Waals surface area contributed by atoms with Crippen LogP contribution in [-0.4, -0.2) is 34.2 Å². The topological polar surface area (TPSA) is 36.4 Å². The molecule has 1 aromatic carbocycles. The van der Waals surface area contributed by atoms with E-state index in [0.717, 1.165) is 24.1 Å². The third kappa shape index (κ3) is 3.31. The molecule has 1 N–H and O–H groups in total. The van der Waals surface area contributed by atoms with Gasteiger partial charge in [-0.1, -0.05) is 0 Å². The molecule has 0 radical (unpaired) electrons. The predicted octanol–water partition coefficient (Wildman–Crippen LogP) is 2.71. The van der Waals surface area contributed by atoms with Gasteiger partial charge in [0.15, 0.2) is 0 Å². The highest BCUT2D eigenvalue weighted by Crippen LogP contribution is 2.34. The first-order valence-electron chi connectivity index (χ1n) is 7.39. The Morgan fingerprint density at radius 1 is 1.18 bits per heavy atom. The van der Waals surface area contributed by atoms with Crippen LogP contribution < -0.4 is 0 Å². The lowest BCUT2D eigenvalue weighted by molar-refractivity contribution is 0.175. The van der Waals surface area contributed by atoms with Gasteiger partial charge in [0, 0.05) is 37.1 Å². The Labute approximate surface area is 128 Å². The maximum absolute atomic E-state index is 14.0. The first-order valence-corrected chi connectivity index (χ1v) is 7.39. The first-order chi connectivity index (χ1) is 10.6. The normalized spacial score (nSPS) is 22.1. The van der Waals surface area contributed by atoms with Crippen molar-refractivity contribution >= 4 is 0 Å². The van der Waals surface area contributed by atoms with Gasteiger partial charge in [-0.3, -0.25) is 9.88 Å². The van der Waals surface area contributed by atoms with Crippen LogP contribution in [0, 0.1) is 11.6 Å². The average molecular weight is 304 g/mol. The number of aliphatic hydroxyl groups is 1. The van der Waals surface area contributed by atoms with E-state index < -0.39 is 17.7 Å². The van der Waals surface area contributed by atoms with Crippen LogP contribution in [0.3, 0.4) is 0 Å². The van der Waals surface area contributed by atoms with Gasteiger partial charge < -0.3 is 5.11 Å². The molecule has 1 saturated heterocycles. The standard InChI is InChI=1S/C17H18F2N2O/c18-13-1-2-16(19)15(9-13)17-10-14(22)11-21(17)8-5-12-3-6-20-7-4-12/h1-4,6-7,9,14,17,22H,5,8,10-11H2/t14-,17-/m1/s1. The van der Waals surface area contributed by atoms with Gasteiger partial charge >= 0.3 is 0 Å². The molecule has 1 aliphatic rings. The molecule has 3 nitrogen and oxygen atoms in total. The molecule has 2 atom stereocenters. The van der Waals surface area contributed by atoms with Crippen molar-refractivity contribution in [3.05, 3.63) is 65.5 Å². The number of rotatable bonds is 4. The number of aliphatic hydroxyl groups excluding tert-OH is 1. The summed E-state index contributed by atoms with van der Waals surface area (Å²) in [5.74, 6) is -0.874. The van der Waals surface area contributed by atoms with E-state index in [1.807, 2.05) is 17.0 Å². The highest BCUT2D eigenvalue weighted by molar-refractivity contribution is 5.24. The summed E-state index contributed by atoms with van der Waals surface area (Å²) in [6.45, 7) is 1.16. The molecule has 116 valence electrons. The Morgan fingerprint density at radius 3 is 2.73 bits per heavy atom. The minimum absolute atomic E-state index is 0.285. The summed E-state index contributed by atoms with van der Waals surface area (Å²) >= 11 is 0. The number of halogens is 2. The van der Waals surface area contributed by atoms with Gasteiger partial charge in [0.25, 0.3) is 0 Å². The van der Waals surface area contributed by atoms with Crippen molar-refractivity contribution in [2.75, 3.05) is 13.1 Å². The Balaban J connectivity index is 1.76. The maximum Gasteiger partial charge on any atom is 0.128 e. The van der Waals surface area contributed by atoms with Crippen molar-refractivity contribution < 1.29 is 13.9 Å². The van der Waals surface area contributed by atoms with Gasteiger partial charge in [-0.25, -0.2) is 8.78 Å². The van der Waals surface area contributed by atoms with Crippen LogP contribution >= 0.6 is 0 Å². The van der Waals surface area contributed by atoms with E-state index in [-0.39, 0.29) is 6.04 Å². The van der Waals surface area contributed by atoms with Crippen LogP contribution in [0.4, 0.5) is 8.78 Å². The lowest BCUT2D eigenvalue weighted by atomic mass is 10.0. The van der Waals surface area contributed by atoms with Crippen LogP contribution in [0.2, 0.25) is 0 Å². The second-order valence-corrected chi connectivity index (χ2v) is 5.67.